The zero-order valence-electron chi connectivity index (χ0n) is 12.7. The Morgan fingerprint density at radius 1 is 1.15 bits per heavy atom. The molecule has 0 aliphatic carbocycles. The van der Waals surface area contributed by atoms with Crippen LogP contribution in [0.1, 0.15) is 31.0 Å². The standard InChI is InChI=1S/C17H23N3/c1-5-20(16-9-6-13(2)7-10-16)17-11-8-15(12-19-17)14(3)18-4/h6-12,14,18H,5H2,1-4H3. The van der Waals surface area contributed by atoms with E-state index in [1.807, 2.05) is 13.2 Å². The van der Waals surface area contributed by atoms with Gasteiger partial charge in [-0.1, -0.05) is 23.8 Å². The summed E-state index contributed by atoms with van der Waals surface area (Å²) in [7, 11) is 1.96. The van der Waals surface area contributed by atoms with Gasteiger partial charge in [0.15, 0.2) is 0 Å². The molecule has 0 saturated carbocycles. The van der Waals surface area contributed by atoms with E-state index in [2.05, 4.69) is 72.4 Å². The molecule has 1 aromatic carbocycles. The lowest BCUT2D eigenvalue weighted by Gasteiger charge is -2.23. The zero-order valence-corrected chi connectivity index (χ0v) is 12.7. The van der Waals surface area contributed by atoms with E-state index >= 15 is 0 Å². The molecule has 0 amide bonds. The summed E-state index contributed by atoms with van der Waals surface area (Å²) in [6.07, 6.45) is 1.95. The zero-order chi connectivity index (χ0) is 14.5. The van der Waals surface area contributed by atoms with Gasteiger partial charge in [0, 0.05) is 24.5 Å². The van der Waals surface area contributed by atoms with E-state index in [1.165, 1.54) is 16.8 Å². The van der Waals surface area contributed by atoms with Crippen molar-refractivity contribution >= 4 is 11.5 Å². The van der Waals surface area contributed by atoms with Gasteiger partial charge in [-0.2, -0.15) is 0 Å². The molecule has 1 heterocycles. The van der Waals surface area contributed by atoms with Crippen molar-refractivity contribution < 1.29 is 0 Å². The first-order chi connectivity index (χ1) is 9.65. The minimum absolute atomic E-state index is 0.325. The molecule has 0 saturated heterocycles. The van der Waals surface area contributed by atoms with Crippen LogP contribution < -0.4 is 10.2 Å². The van der Waals surface area contributed by atoms with Crippen molar-refractivity contribution in [1.82, 2.24) is 10.3 Å². The van der Waals surface area contributed by atoms with Gasteiger partial charge in [-0.25, -0.2) is 4.98 Å². The summed E-state index contributed by atoms with van der Waals surface area (Å²) in [5.41, 5.74) is 3.66. The Morgan fingerprint density at radius 3 is 2.35 bits per heavy atom. The second-order valence-electron chi connectivity index (χ2n) is 5.04. The molecule has 0 aliphatic heterocycles. The van der Waals surface area contributed by atoms with Gasteiger partial charge in [0.1, 0.15) is 5.82 Å². The van der Waals surface area contributed by atoms with Crippen molar-refractivity contribution in [3.8, 4) is 0 Å². The molecule has 1 unspecified atom stereocenters. The van der Waals surface area contributed by atoms with E-state index in [1.54, 1.807) is 0 Å². The largest absolute Gasteiger partial charge is 0.327 e. The van der Waals surface area contributed by atoms with Crippen LogP contribution in [0, 0.1) is 6.92 Å². The van der Waals surface area contributed by atoms with Crippen LogP contribution in [0.3, 0.4) is 0 Å². The van der Waals surface area contributed by atoms with Crippen LogP contribution in [0.15, 0.2) is 42.6 Å². The van der Waals surface area contributed by atoms with Crippen molar-refractivity contribution in [2.75, 3.05) is 18.5 Å². The van der Waals surface area contributed by atoms with E-state index in [0.717, 1.165) is 12.4 Å². The Kier molecular flexibility index (Phi) is 4.74. The fourth-order valence-corrected chi connectivity index (χ4v) is 2.18. The molecular weight excluding hydrogens is 246 g/mol. The topological polar surface area (TPSA) is 28.2 Å². The third-order valence-corrected chi connectivity index (χ3v) is 3.64. The van der Waals surface area contributed by atoms with E-state index < -0.39 is 0 Å². The van der Waals surface area contributed by atoms with Gasteiger partial charge in [-0.3, -0.25) is 0 Å². The van der Waals surface area contributed by atoms with Gasteiger partial charge in [0.25, 0.3) is 0 Å². The highest BCUT2D eigenvalue weighted by molar-refractivity contribution is 5.60. The van der Waals surface area contributed by atoms with Gasteiger partial charge < -0.3 is 10.2 Å². The number of aryl methyl sites for hydroxylation is 1. The quantitative estimate of drug-likeness (QED) is 0.894. The van der Waals surface area contributed by atoms with Crippen LogP contribution in [0.25, 0.3) is 0 Å². The maximum absolute atomic E-state index is 4.60. The summed E-state index contributed by atoms with van der Waals surface area (Å²) in [5.74, 6) is 0.989. The van der Waals surface area contributed by atoms with Crippen molar-refractivity contribution in [2.24, 2.45) is 0 Å². The first kappa shape index (κ1) is 14.5. The summed E-state index contributed by atoms with van der Waals surface area (Å²) in [5, 5.41) is 3.23. The lowest BCUT2D eigenvalue weighted by Crippen LogP contribution is -2.18. The number of pyridine rings is 1. The van der Waals surface area contributed by atoms with E-state index in [0.29, 0.717) is 6.04 Å². The fraction of sp³-hybridized carbons (Fsp3) is 0.353. The van der Waals surface area contributed by atoms with Gasteiger partial charge in [0.05, 0.1) is 0 Å². The average molecular weight is 269 g/mol. The smallest absolute Gasteiger partial charge is 0.132 e. The van der Waals surface area contributed by atoms with Crippen LogP contribution in [0.5, 0.6) is 0 Å². The summed E-state index contributed by atoms with van der Waals surface area (Å²) in [4.78, 5) is 6.82. The van der Waals surface area contributed by atoms with E-state index in [4.69, 9.17) is 0 Å². The molecule has 0 radical (unpaired) electrons. The molecule has 0 bridgehead atoms. The van der Waals surface area contributed by atoms with Crippen molar-refractivity contribution in [3.05, 3.63) is 53.7 Å². The molecule has 106 valence electrons. The highest BCUT2D eigenvalue weighted by Crippen LogP contribution is 2.24. The van der Waals surface area contributed by atoms with Crippen LogP contribution in [-0.4, -0.2) is 18.6 Å². The highest BCUT2D eigenvalue weighted by Gasteiger charge is 2.09. The number of nitrogens with one attached hydrogen (secondary N) is 1. The molecule has 0 spiro atoms. The molecule has 20 heavy (non-hydrogen) atoms. The summed E-state index contributed by atoms with van der Waals surface area (Å²) >= 11 is 0. The molecular formula is C17H23N3. The number of anilines is 2. The van der Waals surface area contributed by atoms with Crippen LogP contribution in [0.2, 0.25) is 0 Å². The third kappa shape index (κ3) is 3.17. The van der Waals surface area contributed by atoms with Gasteiger partial charge >= 0.3 is 0 Å². The molecule has 0 aliphatic rings. The fourth-order valence-electron chi connectivity index (χ4n) is 2.18. The Morgan fingerprint density at radius 2 is 1.85 bits per heavy atom. The second-order valence-corrected chi connectivity index (χ2v) is 5.04. The second kappa shape index (κ2) is 6.53. The van der Waals surface area contributed by atoms with E-state index in [9.17, 15) is 0 Å². The minimum atomic E-state index is 0.325. The SMILES string of the molecule is CCN(c1ccc(C)cc1)c1ccc(C(C)NC)cn1. The predicted molar refractivity (Wildman–Crippen MR) is 85.6 cm³/mol. The Hall–Kier alpha value is -1.87. The van der Waals surface area contributed by atoms with Crippen LogP contribution in [-0.2, 0) is 0 Å². The first-order valence-corrected chi connectivity index (χ1v) is 7.13. The normalized spacial score (nSPS) is 12.2. The number of hydrogen-bond acceptors (Lipinski definition) is 3. The lowest BCUT2D eigenvalue weighted by molar-refractivity contribution is 0.649. The van der Waals surface area contributed by atoms with Gasteiger partial charge in [-0.05, 0) is 51.6 Å². The monoisotopic (exact) mass is 269 g/mol. The predicted octanol–water partition coefficient (Wildman–Crippen LogP) is 3.83. The lowest BCUT2D eigenvalue weighted by atomic mass is 10.1. The summed E-state index contributed by atoms with van der Waals surface area (Å²) in [6, 6.07) is 13.1. The Balaban J connectivity index is 2.25. The molecule has 2 rings (SSSR count). The highest BCUT2D eigenvalue weighted by atomic mass is 15.2. The molecule has 1 atom stereocenters. The van der Waals surface area contributed by atoms with Crippen molar-refractivity contribution in [1.29, 1.82) is 0 Å². The molecule has 1 aromatic heterocycles. The van der Waals surface area contributed by atoms with Gasteiger partial charge in [0.2, 0.25) is 0 Å². The van der Waals surface area contributed by atoms with E-state index in [-0.39, 0.29) is 0 Å². The molecule has 0 fully saturated rings. The average Bonchev–Trinajstić information content (AvgIpc) is 2.50. The molecule has 3 heteroatoms. The van der Waals surface area contributed by atoms with Crippen LogP contribution >= 0.6 is 0 Å². The Bertz CT molecular complexity index is 531. The maximum atomic E-state index is 4.60. The molecule has 2 aromatic rings. The third-order valence-electron chi connectivity index (χ3n) is 3.64. The summed E-state index contributed by atoms with van der Waals surface area (Å²) < 4.78 is 0. The number of rotatable bonds is 5. The maximum Gasteiger partial charge on any atom is 0.132 e. The van der Waals surface area contributed by atoms with Crippen molar-refractivity contribution in [3.63, 3.8) is 0 Å². The summed E-state index contributed by atoms with van der Waals surface area (Å²) in [6.45, 7) is 7.28. The first-order valence-electron chi connectivity index (χ1n) is 7.13. The van der Waals surface area contributed by atoms with Gasteiger partial charge in [-0.15, -0.1) is 0 Å². The number of nitrogens with zero attached hydrogens (tertiary/aromatic N) is 2. The molecule has 3 nitrogen and oxygen atoms in total. The minimum Gasteiger partial charge on any atom is -0.327 e. The molecule has 1 N–H and O–H groups in total. The number of benzene rings is 1. The Labute approximate surface area is 121 Å². The van der Waals surface area contributed by atoms with Crippen LogP contribution in [0.4, 0.5) is 11.5 Å². The van der Waals surface area contributed by atoms with Crippen molar-refractivity contribution in [2.45, 2.75) is 26.8 Å². The number of aromatic nitrogens is 1. The number of hydrogen-bond donors (Lipinski definition) is 1.